The summed E-state index contributed by atoms with van der Waals surface area (Å²) in [5.74, 6) is -0.535. The molecule has 0 radical (unpaired) electrons. The maximum atomic E-state index is 12.1. The van der Waals surface area contributed by atoms with Crippen molar-refractivity contribution in [2.75, 3.05) is 6.61 Å². The zero-order valence-electron chi connectivity index (χ0n) is 15.3. The maximum Gasteiger partial charge on any atom is 0.340 e. The number of aromatic carboxylic acids is 1. The second-order valence-electron chi connectivity index (χ2n) is 6.32. The molecule has 2 aromatic rings. The molecule has 138 valence electrons. The number of ether oxygens (including phenoxy) is 2. The highest BCUT2D eigenvalue weighted by molar-refractivity contribution is 5.88. The molecule has 5 heteroatoms. The molecule has 0 spiro atoms. The van der Waals surface area contributed by atoms with Gasteiger partial charge in [0.1, 0.15) is 5.75 Å². The van der Waals surface area contributed by atoms with Gasteiger partial charge in [-0.1, -0.05) is 44.5 Å². The standard InChI is InChI=1S/C21H24O5/c1-4-14(2)13-25-15(3)21(24)26-19-11-9-17(10-12-19)16-5-7-18(8-6-16)20(22)23/h5-12,14-15H,4,13H2,1-3H3,(H,22,23)/t14-,15-/m0/s1. The van der Waals surface area contributed by atoms with Crippen molar-refractivity contribution in [3.05, 3.63) is 54.1 Å². The normalized spacial score (nSPS) is 13.0. The molecule has 0 aromatic heterocycles. The molecule has 0 unspecified atom stereocenters. The first-order valence-electron chi connectivity index (χ1n) is 8.67. The van der Waals surface area contributed by atoms with Crippen molar-refractivity contribution >= 4 is 11.9 Å². The van der Waals surface area contributed by atoms with Crippen molar-refractivity contribution in [2.24, 2.45) is 5.92 Å². The molecular formula is C21H24O5. The summed E-state index contributed by atoms with van der Waals surface area (Å²) in [6, 6.07) is 13.7. The van der Waals surface area contributed by atoms with Gasteiger partial charge in [0.25, 0.3) is 0 Å². The minimum atomic E-state index is -0.955. The number of carboxylic acid groups (broad SMARTS) is 1. The largest absolute Gasteiger partial charge is 0.478 e. The van der Waals surface area contributed by atoms with Crippen LogP contribution in [-0.2, 0) is 9.53 Å². The fourth-order valence-corrected chi connectivity index (χ4v) is 2.21. The molecule has 0 amide bonds. The van der Waals surface area contributed by atoms with E-state index < -0.39 is 18.0 Å². The number of benzene rings is 2. The van der Waals surface area contributed by atoms with Crippen LogP contribution in [0.2, 0.25) is 0 Å². The van der Waals surface area contributed by atoms with E-state index in [9.17, 15) is 9.59 Å². The summed E-state index contributed by atoms with van der Waals surface area (Å²) < 4.78 is 10.9. The Labute approximate surface area is 153 Å². The summed E-state index contributed by atoms with van der Waals surface area (Å²) in [5, 5.41) is 8.94. The van der Waals surface area contributed by atoms with Crippen LogP contribution in [0.1, 0.15) is 37.6 Å². The van der Waals surface area contributed by atoms with E-state index in [1.165, 1.54) is 0 Å². The third kappa shape index (κ3) is 5.43. The van der Waals surface area contributed by atoms with E-state index >= 15 is 0 Å². The van der Waals surface area contributed by atoms with E-state index in [0.29, 0.717) is 18.3 Å². The lowest BCUT2D eigenvalue weighted by Crippen LogP contribution is -2.27. The van der Waals surface area contributed by atoms with Gasteiger partial charge in [-0.2, -0.15) is 0 Å². The van der Waals surface area contributed by atoms with Crippen LogP contribution in [-0.4, -0.2) is 29.8 Å². The Kier molecular flexibility index (Phi) is 6.92. The molecule has 1 N–H and O–H groups in total. The first-order valence-corrected chi connectivity index (χ1v) is 8.67. The lowest BCUT2D eigenvalue weighted by molar-refractivity contribution is -0.146. The minimum absolute atomic E-state index is 0.241. The number of carbonyl (C=O) groups excluding carboxylic acids is 1. The van der Waals surface area contributed by atoms with Crippen LogP contribution in [0.15, 0.2) is 48.5 Å². The minimum Gasteiger partial charge on any atom is -0.478 e. The smallest absolute Gasteiger partial charge is 0.340 e. The number of esters is 1. The van der Waals surface area contributed by atoms with Crippen molar-refractivity contribution in [3.8, 4) is 16.9 Å². The second kappa shape index (κ2) is 9.15. The Morgan fingerprint density at radius 1 is 0.962 bits per heavy atom. The fourth-order valence-electron chi connectivity index (χ4n) is 2.21. The van der Waals surface area contributed by atoms with E-state index in [-0.39, 0.29) is 5.56 Å². The second-order valence-corrected chi connectivity index (χ2v) is 6.32. The van der Waals surface area contributed by atoms with Crippen LogP contribution in [0, 0.1) is 5.92 Å². The highest BCUT2D eigenvalue weighted by Gasteiger charge is 2.17. The number of hydrogen-bond acceptors (Lipinski definition) is 4. The number of carboxylic acids is 1. The summed E-state index contributed by atoms with van der Waals surface area (Å²) in [6.07, 6.45) is 0.378. The van der Waals surface area contributed by atoms with Gasteiger partial charge in [0.2, 0.25) is 0 Å². The lowest BCUT2D eigenvalue weighted by Gasteiger charge is -2.15. The fraction of sp³-hybridized carbons (Fsp3) is 0.333. The quantitative estimate of drug-likeness (QED) is 0.560. The average molecular weight is 356 g/mol. The first kappa shape index (κ1) is 19.7. The molecule has 0 bridgehead atoms. The van der Waals surface area contributed by atoms with E-state index in [1.54, 1.807) is 43.3 Å². The molecule has 2 rings (SSSR count). The van der Waals surface area contributed by atoms with Crippen molar-refractivity contribution in [3.63, 3.8) is 0 Å². The summed E-state index contributed by atoms with van der Waals surface area (Å²) in [5.41, 5.74) is 2.03. The van der Waals surface area contributed by atoms with Gasteiger partial charge in [-0.15, -0.1) is 0 Å². The molecular weight excluding hydrogens is 332 g/mol. The molecule has 5 nitrogen and oxygen atoms in total. The molecule has 0 saturated heterocycles. The molecule has 0 aliphatic rings. The van der Waals surface area contributed by atoms with Crippen LogP contribution >= 0.6 is 0 Å². The zero-order chi connectivity index (χ0) is 19.1. The van der Waals surface area contributed by atoms with Gasteiger partial charge in [0.15, 0.2) is 6.10 Å². The van der Waals surface area contributed by atoms with Gasteiger partial charge in [-0.3, -0.25) is 0 Å². The summed E-state index contributed by atoms with van der Waals surface area (Å²) in [6.45, 7) is 6.36. The van der Waals surface area contributed by atoms with Gasteiger partial charge < -0.3 is 14.6 Å². The highest BCUT2D eigenvalue weighted by atomic mass is 16.6. The molecule has 0 saturated carbocycles. The number of hydrogen-bond donors (Lipinski definition) is 1. The van der Waals surface area contributed by atoms with Crippen LogP contribution in [0.3, 0.4) is 0 Å². The van der Waals surface area contributed by atoms with Crippen LogP contribution < -0.4 is 4.74 Å². The molecule has 26 heavy (non-hydrogen) atoms. The lowest BCUT2D eigenvalue weighted by atomic mass is 10.0. The third-order valence-corrected chi connectivity index (χ3v) is 4.20. The molecule has 0 aliphatic heterocycles. The monoisotopic (exact) mass is 356 g/mol. The Morgan fingerprint density at radius 3 is 2.00 bits per heavy atom. The van der Waals surface area contributed by atoms with Crippen molar-refractivity contribution in [1.29, 1.82) is 0 Å². The summed E-state index contributed by atoms with van der Waals surface area (Å²) in [4.78, 5) is 23.0. The molecule has 0 aliphatic carbocycles. The Balaban J connectivity index is 1.96. The van der Waals surface area contributed by atoms with Gasteiger partial charge in [-0.25, -0.2) is 9.59 Å². The van der Waals surface area contributed by atoms with E-state index in [1.807, 2.05) is 12.1 Å². The third-order valence-electron chi connectivity index (χ3n) is 4.20. The SMILES string of the molecule is CC[C@H](C)CO[C@@H](C)C(=O)Oc1ccc(-c2ccc(C(=O)O)cc2)cc1. The van der Waals surface area contributed by atoms with Gasteiger partial charge in [-0.05, 0) is 48.2 Å². The van der Waals surface area contributed by atoms with E-state index in [4.69, 9.17) is 14.6 Å². The molecule has 2 aromatic carbocycles. The van der Waals surface area contributed by atoms with E-state index in [2.05, 4.69) is 13.8 Å². The topological polar surface area (TPSA) is 72.8 Å². The predicted molar refractivity (Wildman–Crippen MR) is 99.3 cm³/mol. The summed E-state index contributed by atoms with van der Waals surface area (Å²) >= 11 is 0. The van der Waals surface area contributed by atoms with Crippen molar-refractivity contribution in [2.45, 2.75) is 33.3 Å². The predicted octanol–water partition coefficient (Wildman–Crippen LogP) is 4.41. The maximum absolute atomic E-state index is 12.1. The van der Waals surface area contributed by atoms with Gasteiger partial charge in [0.05, 0.1) is 12.2 Å². The highest BCUT2D eigenvalue weighted by Crippen LogP contribution is 2.23. The van der Waals surface area contributed by atoms with Gasteiger partial charge >= 0.3 is 11.9 Å². The van der Waals surface area contributed by atoms with E-state index in [0.717, 1.165) is 17.5 Å². The summed E-state index contributed by atoms with van der Waals surface area (Å²) in [7, 11) is 0. The van der Waals surface area contributed by atoms with Crippen LogP contribution in [0.5, 0.6) is 5.75 Å². The number of carbonyl (C=O) groups is 2. The Hall–Kier alpha value is -2.66. The first-order chi connectivity index (χ1) is 12.4. The van der Waals surface area contributed by atoms with Gasteiger partial charge in [0, 0.05) is 0 Å². The Bertz CT molecular complexity index is 734. The number of rotatable bonds is 8. The molecule has 2 atom stereocenters. The molecule has 0 heterocycles. The average Bonchev–Trinajstić information content (AvgIpc) is 2.66. The van der Waals surface area contributed by atoms with Crippen LogP contribution in [0.25, 0.3) is 11.1 Å². The zero-order valence-corrected chi connectivity index (χ0v) is 15.3. The van der Waals surface area contributed by atoms with Crippen molar-refractivity contribution in [1.82, 2.24) is 0 Å². The molecule has 0 fully saturated rings. The van der Waals surface area contributed by atoms with Crippen molar-refractivity contribution < 1.29 is 24.2 Å². The van der Waals surface area contributed by atoms with Crippen LogP contribution in [0.4, 0.5) is 0 Å². The Morgan fingerprint density at radius 2 is 1.50 bits per heavy atom.